The van der Waals surface area contributed by atoms with Crippen molar-refractivity contribution < 1.29 is 14.3 Å². The van der Waals surface area contributed by atoms with Gasteiger partial charge in [-0.2, -0.15) is 0 Å². The van der Waals surface area contributed by atoms with Crippen LogP contribution in [0.1, 0.15) is 24.5 Å². The lowest BCUT2D eigenvalue weighted by Crippen LogP contribution is -2.50. The van der Waals surface area contributed by atoms with Gasteiger partial charge in [-0.15, -0.1) is 0 Å². The van der Waals surface area contributed by atoms with Crippen LogP contribution < -0.4 is 20.3 Å². The maximum Gasteiger partial charge on any atom is 0.262 e. The fraction of sp³-hybridized carbons (Fsp3) is 0.364. The molecule has 0 saturated heterocycles. The fourth-order valence-corrected chi connectivity index (χ4v) is 3.38. The van der Waals surface area contributed by atoms with E-state index >= 15 is 0 Å². The largest absolute Gasteiger partial charge is 0.477 e. The Bertz CT molecular complexity index is 846. The van der Waals surface area contributed by atoms with E-state index in [4.69, 9.17) is 4.74 Å². The second-order valence-corrected chi connectivity index (χ2v) is 7.17. The van der Waals surface area contributed by atoms with Crippen LogP contribution in [0.5, 0.6) is 5.75 Å². The fourth-order valence-electron chi connectivity index (χ4n) is 3.38. The molecule has 28 heavy (non-hydrogen) atoms. The first-order chi connectivity index (χ1) is 13.5. The summed E-state index contributed by atoms with van der Waals surface area (Å²) in [4.78, 5) is 27.0. The number of hydrogen-bond donors (Lipinski definition) is 2. The van der Waals surface area contributed by atoms with Gasteiger partial charge in [0.2, 0.25) is 5.91 Å². The summed E-state index contributed by atoms with van der Waals surface area (Å²) in [5, 5.41) is 5.83. The Kier molecular flexibility index (Phi) is 6.19. The van der Waals surface area contributed by atoms with Gasteiger partial charge in [-0.25, -0.2) is 0 Å². The van der Waals surface area contributed by atoms with Crippen molar-refractivity contribution in [3.63, 3.8) is 0 Å². The van der Waals surface area contributed by atoms with Crippen LogP contribution in [-0.4, -0.2) is 37.6 Å². The second-order valence-electron chi connectivity index (χ2n) is 7.17. The number of aryl methyl sites for hydroxylation is 2. The molecule has 2 N–H and O–H groups in total. The van der Waals surface area contributed by atoms with Crippen LogP contribution in [0.3, 0.4) is 0 Å². The molecule has 6 nitrogen and oxygen atoms in total. The molecule has 1 aliphatic rings. The summed E-state index contributed by atoms with van der Waals surface area (Å²) in [6.45, 7) is 7.08. The number of fused-ring (bicyclic) bond motifs is 1. The normalized spacial score (nSPS) is 15.4. The lowest BCUT2D eigenvalue weighted by Gasteiger charge is -2.35. The number of rotatable bonds is 6. The van der Waals surface area contributed by atoms with Gasteiger partial charge >= 0.3 is 0 Å². The lowest BCUT2D eigenvalue weighted by molar-refractivity contribution is -0.128. The van der Waals surface area contributed by atoms with Crippen molar-refractivity contribution in [2.45, 2.75) is 33.3 Å². The summed E-state index contributed by atoms with van der Waals surface area (Å²) in [5.41, 5.74) is 3.79. The smallest absolute Gasteiger partial charge is 0.262 e. The first-order valence-corrected chi connectivity index (χ1v) is 9.62. The SMILES string of the molecule is CCCNC(=O)[C@H]1CN(CC(=O)Nc2cc(C)cc(C)c2)c2ccccc2O1. The molecule has 2 amide bonds. The molecule has 148 valence electrons. The van der Waals surface area contributed by atoms with Gasteiger partial charge in [0.15, 0.2) is 6.10 Å². The molecule has 0 fully saturated rings. The predicted octanol–water partition coefficient (Wildman–Crippen LogP) is 3.04. The maximum atomic E-state index is 12.7. The molecule has 6 heteroatoms. The molecule has 1 heterocycles. The average molecular weight is 381 g/mol. The Morgan fingerprint density at radius 3 is 2.57 bits per heavy atom. The van der Waals surface area contributed by atoms with Crippen molar-refractivity contribution in [1.29, 1.82) is 0 Å². The van der Waals surface area contributed by atoms with Gasteiger partial charge in [-0.1, -0.05) is 25.1 Å². The van der Waals surface area contributed by atoms with Crippen molar-refractivity contribution in [2.24, 2.45) is 0 Å². The molecule has 3 rings (SSSR count). The maximum absolute atomic E-state index is 12.7. The van der Waals surface area contributed by atoms with Crippen molar-refractivity contribution in [3.8, 4) is 5.75 Å². The van der Waals surface area contributed by atoms with Crippen LogP contribution in [-0.2, 0) is 9.59 Å². The molecule has 0 radical (unpaired) electrons. The Morgan fingerprint density at radius 1 is 1.14 bits per heavy atom. The third kappa shape index (κ3) is 4.82. The second kappa shape index (κ2) is 8.78. The van der Waals surface area contributed by atoms with Gasteiger partial charge < -0.3 is 20.3 Å². The molecule has 0 aliphatic carbocycles. The molecule has 1 atom stereocenters. The number of carbonyl (C=O) groups excluding carboxylic acids is 2. The zero-order valence-corrected chi connectivity index (χ0v) is 16.6. The van der Waals surface area contributed by atoms with Crippen LogP contribution >= 0.6 is 0 Å². The number of amides is 2. The zero-order chi connectivity index (χ0) is 20.1. The molecule has 0 unspecified atom stereocenters. The number of anilines is 2. The van der Waals surface area contributed by atoms with E-state index in [1.807, 2.05) is 62.1 Å². The quantitative estimate of drug-likeness (QED) is 0.807. The highest BCUT2D eigenvalue weighted by atomic mass is 16.5. The number of benzene rings is 2. The number of nitrogens with zero attached hydrogens (tertiary/aromatic N) is 1. The summed E-state index contributed by atoms with van der Waals surface area (Å²) in [7, 11) is 0. The summed E-state index contributed by atoms with van der Waals surface area (Å²) < 4.78 is 5.87. The van der Waals surface area contributed by atoms with Crippen LogP contribution in [0, 0.1) is 13.8 Å². The van der Waals surface area contributed by atoms with Crippen LogP contribution in [0.4, 0.5) is 11.4 Å². The average Bonchev–Trinajstić information content (AvgIpc) is 2.65. The number of carbonyl (C=O) groups is 2. The van der Waals surface area contributed by atoms with Crippen molar-refractivity contribution in [3.05, 3.63) is 53.6 Å². The molecular weight excluding hydrogens is 354 g/mol. The van der Waals surface area contributed by atoms with Crippen LogP contribution in [0.2, 0.25) is 0 Å². The molecule has 2 aromatic carbocycles. The Labute approximate surface area is 165 Å². The number of ether oxygens (including phenoxy) is 1. The zero-order valence-electron chi connectivity index (χ0n) is 16.6. The summed E-state index contributed by atoms with van der Waals surface area (Å²) in [6.07, 6.45) is 0.215. The molecule has 1 aliphatic heterocycles. The first kappa shape index (κ1) is 19.7. The van der Waals surface area contributed by atoms with Gasteiger partial charge in [0.1, 0.15) is 5.75 Å². The van der Waals surface area contributed by atoms with E-state index < -0.39 is 6.10 Å². The topological polar surface area (TPSA) is 70.7 Å². The van der Waals surface area contributed by atoms with Crippen LogP contribution in [0.15, 0.2) is 42.5 Å². The first-order valence-electron chi connectivity index (χ1n) is 9.62. The predicted molar refractivity (Wildman–Crippen MR) is 111 cm³/mol. The van der Waals surface area contributed by atoms with Crippen molar-refractivity contribution >= 4 is 23.2 Å². The number of nitrogens with one attached hydrogen (secondary N) is 2. The third-order valence-electron chi connectivity index (χ3n) is 4.54. The molecule has 0 saturated carbocycles. The van der Waals surface area contributed by atoms with Gasteiger partial charge in [0.05, 0.1) is 18.8 Å². The molecule has 2 aromatic rings. The number of hydrogen-bond acceptors (Lipinski definition) is 4. The van der Waals surface area contributed by atoms with Crippen LogP contribution in [0.25, 0.3) is 0 Å². The van der Waals surface area contributed by atoms with E-state index in [1.54, 1.807) is 0 Å². The van der Waals surface area contributed by atoms with E-state index in [0.29, 0.717) is 18.8 Å². The van der Waals surface area contributed by atoms with Gasteiger partial charge in [-0.3, -0.25) is 9.59 Å². The highest BCUT2D eigenvalue weighted by molar-refractivity contribution is 5.95. The summed E-state index contributed by atoms with van der Waals surface area (Å²) >= 11 is 0. The Balaban J connectivity index is 1.73. The van der Waals surface area contributed by atoms with E-state index in [-0.39, 0.29) is 18.4 Å². The highest BCUT2D eigenvalue weighted by Gasteiger charge is 2.31. The van der Waals surface area contributed by atoms with E-state index in [0.717, 1.165) is 28.9 Å². The van der Waals surface area contributed by atoms with Gasteiger partial charge in [0.25, 0.3) is 5.91 Å². The third-order valence-corrected chi connectivity index (χ3v) is 4.54. The summed E-state index contributed by atoms with van der Waals surface area (Å²) in [6, 6.07) is 13.4. The minimum atomic E-state index is -0.643. The lowest BCUT2D eigenvalue weighted by atomic mass is 10.1. The molecule has 0 spiro atoms. The molecule has 0 aromatic heterocycles. The number of para-hydroxylation sites is 2. The highest BCUT2D eigenvalue weighted by Crippen LogP contribution is 2.33. The van der Waals surface area contributed by atoms with E-state index in [9.17, 15) is 9.59 Å². The minimum absolute atomic E-state index is 0.130. The minimum Gasteiger partial charge on any atom is -0.477 e. The van der Waals surface area contributed by atoms with Crippen molar-refractivity contribution in [1.82, 2.24) is 5.32 Å². The monoisotopic (exact) mass is 381 g/mol. The summed E-state index contributed by atoms with van der Waals surface area (Å²) in [5.74, 6) is 0.329. The standard InChI is InChI=1S/C22H27N3O3/c1-4-9-23-22(27)20-13-25(18-7-5-6-8-19(18)28-20)14-21(26)24-17-11-15(2)10-16(3)12-17/h5-8,10-12,20H,4,9,13-14H2,1-3H3,(H,23,27)(H,24,26)/t20-/m1/s1. The van der Waals surface area contributed by atoms with E-state index in [2.05, 4.69) is 16.7 Å². The molecular formula is C22H27N3O3. The Hall–Kier alpha value is -3.02. The van der Waals surface area contributed by atoms with Gasteiger partial charge in [-0.05, 0) is 55.7 Å². The molecule has 0 bridgehead atoms. The Morgan fingerprint density at radius 2 is 1.86 bits per heavy atom. The van der Waals surface area contributed by atoms with Gasteiger partial charge in [0, 0.05) is 12.2 Å². The van der Waals surface area contributed by atoms with Crippen molar-refractivity contribution in [2.75, 3.05) is 29.9 Å². The van der Waals surface area contributed by atoms with E-state index in [1.165, 1.54) is 0 Å².